The quantitative estimate of drug-likeness (QED) is 0.825. The van der Waals surface area contributed by atoms with E-state index in [4.69, 9.17) is 4.74 Å². The molecule has 0 atom stereocenters. The number of rotatable bonds is 4. The molecule has 6 heteroatoms. The van der Waals surface area contributed by atoms with Crippen LogP contribution in [0.25, 0.3) is 0 Å². The van der Waals surface area contributed by atoms with Crippen molar-refractivity contribution >= 4 is 11.7 Å². The molecule has 0 unspecified atom stereocenters. The van der Waals surface area contributed by atoms with Crippen LogP contribution in [-0.4, -0.2) is 60.2 Å². The van der Waals surface area contributed by atoms with E-state index in [2.05, 4.69) is 28.7 Å². The summed E-state index contributed by atoms with van der Waals surface area (Å²) in [7, 11) is 0. The summed E-state index contributed by atoms with van der Waals surface area (Å²) in [5.41, 5.74) is 0.473. The second kappa shape index (κ2) is 6.65. The Kier molecular flexibility index (Phi) is 4.89. The van der Waals surface area contributed by atoms with E-state index in [-0.39, 0.29) is 5.91 Å². The number of carbonyl (C=O) groups is 1. The lowest BCUT2D eigenvalue weighted by Crippen LogP contribution is -2.41. The first kappa shape index (κ1) is 14.7. The lowest BCUT2D eigenvalue weighted by molar-refractivity contribution is 0.0299. The van der Waals surface area contributed by atoms with Gasteiger partial charge in [0.1, 0.15) is 17.3 Å². The number of ether oxygens (including phenoxy) is 1. The van der Waals surface area contributed by atoms with Crippen LogP contribution in [0.2, 0.25) is 0 Å². The van der Waals surface area contributed by atoms with Gasteiger partial charge in [-0.1, -0.05) is 0 Å². The van der Waals surface area contributed by atoms with E-state index in [1.54, 1.807) is 11.0 Å². The summed E-state index contributed by atoms with van der Waals surface area (Å²) in [4.78, 5) is 25.1. The third-order valence-corrected chi connectivity index (χ3v) is 3.43. The minimum atomic E-state index is -0.0350. The number of anilines is 1. The number of morpholine rings is 1. The highest BCUT2D eigenvalue weighted by molar-refractivity contribution is 5.93. The topological polar surface area (TPSA) is 58.6 Å². The minimum absolute atomic E-state index is 0.0350. The van der Waals surface area contributed by atoms with E-state index in [0.717, 1.165) is 18.9 Å². The van der Waals surface area contributed by atoms with Gasteiger partial charge in [0.05, 0.1) is 13.2 Å². The van der Waals surface area contributed by atoms with Crippen molar-refractivity contribution in [1.29, 1.82) is 0 Å². The standard InChI is InChI=1S/C14H22N4O2/c1-4-17(5-2)13-10-12(15-11(3)16-13)14(19)18-6-8-20-9-7-18/h10H,4-9H2,1-3H3. The fourth-order valence-corrected chi connectivity index (χ4v) is 2.30. The molecule has 0 saturated carbocycles. The molecule has 110 valence electrons. The first-order chi connectivity index (χ1) is 9.65. The molecule has 0 aliphatic carbocycles. The summed E-state index contributed by atoms with van der Waals surface area (Å²) in [6.07, 6.45) is 0. The molecule has 2 rings (SSSR count). The van der Waals surface area contributed by atoms with Gasteiger partial charge in [-0.3, -0.25) is 4.79 Å². The van der Waals surface area contributed by atoms with Gasteiger partial charge in [0.15, 0.2) is 0 Å². The van der Waals surface area contributed by atoms with Gasteiger partial charge in [0, 0.05) is 32.2 Å². The molecule has 0 radical (unpaired) electrons. The first-order valence-corrected chi connectivity index (χ1v) is 7.13. The number of amides is 1. The average molecular weight is 278 g/mol. The van der Waals surface area contributed by atoms with Gasteiger partial charge in [0.25, 0.3) is 5.91 Å². The van der Waals surface area contributed by atoms with Crippen LogP contribution in [0.5, 0.6) is 0 Å². The van der Waals surface area contributed by atoms with Gasteiger partial charge >= 0.3 is 0 Å². The lowest BCUT2D eigenvalue weighted by Gasteiger charge is -2.27. The van der Waals surface area contributed by atoms with Crippen molar-refractivity contribution in [1.82, 2.24) is 14.9 Å². The molecule has 2 heterocycles. The number of nitrogens with zero attached hydrogens (tertiary/aromatic N) is 4. The predicted molar refractivity (Wildman–Crippen MR) is 77.1 cm³/mol. The maximum absolute atomic E-state index is 12.5. The van der Waals surface area contributed by atoms with Crippen LogP contribution in [0.15, 0.2) is 6.07 Å². The lowest BCUT2D eigenvalue weighted by atomic mass is 10.3. The van der Waals surface area contributed by atoms with Crippen LogP contribution in [0.4, 0.5) is 5.82 Å². The molecule has 0 N–H and O–H groups in total. The van der Waals surface area contributed by atoms with Crippen LogP contribution in [0.1, 0.15) is 30.2 Å². The number of aromatic nitrogens is 2. The maximum Gasteiger partial charge on any atom is 0.272 e. The molecule has 1 aromatic rings. The summed E-state index contributed by atoms with van der Waals surface area (Å²) in [5.74, 6) is 1.41. The molecule has 1 fully saturated rings. The second-order valence-corrected chi connectivity index (χ2v) is 4.74. The molecule has 1 aromatic heterocycles. The van der Waals surface area contributed by atoms with Gasteiger partial charge in [-0.05, 0) is 20.8 Å². The zero-order valence-electron chi connectivity index (χ0n) is 12.4. The third-order valence-electron chi connectivity index (χ3n) is 3.43. The van der Waals surface area contributed by atoms with E-state index in [9.17, 15) is 4.79 Å². The summed E-state index contributed by atoms with van der Waals surface area (Å²) in [5, 5.41) is 0. The Bertz CT molecular complexity index is 468. The Morgan fingerprint density at radius 3 is 2.55 bits per heavy atom. The monoisotopic (exact) mass is 278 g/mol. The maximum atomic E-state index is 12.5. The van der Waals surface area contributed by atoms with Crippen LogP contribution >= 0.6 is 0 Å². The van der Waals surface area contributed by atoms with Gasteiger partial charge in [-0.2, -0.15) is 0 Å². The zero-order valence-corrected chi connectivity index (χ0v) is 12.4. The van der Waals surface area contributed by atoms with E-state index < -0.39 is 0 Å². The molecule has 6 nitrogen and oxygen atoms in total. The molecule has 0 aromatic carbocycles. The van der Waals surface area contributed by atoms with Gasteiger partial charge in [0.2, 0.25) is 0 Å². The molecule has 1 aliphatic rings. The fraction of sp³-hybridized carbons (Fsp3) is 0.643. The zero-order chi connectivity index (χ0) is 14.5. The summed E-state index contributed by atoms with van der Waals surface area (Å²) >= 11 is 0. The number of carbonyl (C=O) groups excluding carboxylic acids is 1. The first-order valence-electron chi connectivity index (χ1n) is 7.13. The largest absolute Gasteiger partial charge is 0.378 e. The number of hydrogen-bond acceptors (Lipinski definition) is 5. The van der Waals surface area contributed by atoms with Gasteiger partial charge in [-0.25, -0.2) is 9.97 Å². The third kappa shape index (κ3) is 3.25. The Labute approximate surface area is 119 Å². The summed E-state index contributed by atoms with van der Waals surface area (Å²) in [6, 6.07) is 1.79. The van der Waals surface area contributed by atoms with Crippen LogP contribution in [0, 0.1) is 6.92 Å². The van der Waals surface area contributed by atoms with Crippen molar-refractivity contribution in [3.05, 3.63) is 17.6 Å². The molecular weight excluding hydrogens is 256 g/mol. The summed E-state index contributed by atoms with van der Waals surface area (Å²) < 4.78 is 5.27. The number of hydrogen-bond donors (Lipinski definition) is 0. The van der Waals surface area contributed by atoms with Crippen molar-refractivity contribution in [2.24, 2.45) is 0 Å². The SMILES string of the molecule is CCN(CC)c1cc(C(=O)N2CCOCC2)nc(C)n1. The Morgan fingerprint density at radius 1 is 1.30 bits per heavy atom. The van der Waals surface area contributed by atoms with Crippen molar-refractivity contribution < 1.29 is 9.53 Å². The molecule has 0 bridgehead atoms. The highest BCUT2D eigenvalue weighted by Gasteiger charge is 2.21. The molecule has 0 spiro atoms. The minimum Gasteiger partial charge on any atom is -0.378 e. The van der Waals surface area contributed by atoms with E-state index in [1.807, 2.05) is 6.92 Å². The smallest absolute Gasteiger partial charge is 0.272 e. The van der Waals surface area contributed by atoms with Crippen molar-refractivity contribution in [2.45, 2.75) is 20.8 Å². The Balaban J connectivity index is 2.24. The number of aryl methyl sites for hydroxylation is 1. The Hall–Kier alpha value is -1.69. The van der Waals surface area contributed by atoms with E-state index in [1.165, 1.54) is 0 Å². The normalized spacial score (nSPS) is 15.2. The predicted octanol–water partition coefficient (Wildman–Crippen LogP) is 1.10. The van der Waals surface area contributed by atoms with Gasteiger partial charge < -0.3 is 14.5 Å². The van der Waals surface area contributed by atoms with Crippen molar-refractivity contribution in [3.63, 3.8) is 0 Å². The molecule has 1 saturated heterocycles. The van der Waals surface area contributed by atoms with Crippen LogP contribution < -0.4 is 4.90 Å². The molecular formula is C14H22N4O2. The van der Waals surface area contributed by atoms with Crippen molar-refractivity contribution in [3.8, 4) is 0 Å². The molecule has 1 aliphatic heterocycles. The highest BCUT2D eigenvalue weighted by Crippen LogP contribution is 2.14. The van der Waals surface area contributed by atoms with Crippen LogP contribution in [-0.2, 0) is 4.74 Å². The molecule has 20 heavy (non-hydrogen) atoms. The van der Waals surface area contributed by atoms with E-state index in [0.29, 0.717) is 37.8 Å². The summed E-state index contributed by atoms with van der Waals surface area (Å²) in [6.45, 7) is 10.1. The highest BCUT2D eigenvalue weighted by atomic mass is 16.5. The fourth-order valence-electron chi connectivity index (χ4n) is 2.30. The Morgan fingerprint density at radius 2 is 1.95 bits per heavy atom. The average Bonchev–Trinajstić information content (AvgIpc) is 2.48. The molecule has 1 amide bonds. The van der Waals surface area contributed by atoms with Gasteiger partial charge in [-0.15, -0.1) is 0 Å². The second-order valence-electron chi connectivity index (χ2n) is 4.74. The van der Waals surface area contributed by atoms with E-state index >= 15 is 0 Å². The van der Waals surface area contributed by atoms with Crippen molar-refractivity contribution in [2.75, 3.05) is 44.3 Å². The van der Waals surface area contributed by atoms with Crippen LogP contribution in [0.3, 0.4) is 0 Å².